The number of hydrogen-bond acceptors (Lipinski definition) is 2. The molecule has 1 aromatic rings. The maximum atomic E-state index is 13.5. The molecule has 0 aromatic heterocycles. The largest absolute Gasteiger partial charge is 0.460 e. The molecule has 21 heavy (non-hydrogen) atoms. The Morgan fingerprint density at radius 3 is 1.62 bits per heavy atom. The van der Waals surface area contributed by atoms with Crippen molar-refractivity contribution in [2.45, 2.75) is 23.9 Å². The number of benzene rings is 1. The molecule has 0 radical (unpaired) electrons. The number of alkyl halides is 9. The average Bonchev–Trinajstić information content (AvgIpc) is 2.30. The summed E-state index contributed by atoms with van der Waals surface area (Å²) in [4.78, 5) is 0. The van der Waals surface area contributed by atoms with E-state index in [4.69, 9.17) is 11.5 Å². The van der Waals surface area contributed by atoms with Gasteiger partial charge in [0.05, 0.1) is 5.56 Å². The minimum atomic E-state index is -6.97. The lowest BCUT2D eigenvalue weighted by Crippen LogP contribution is -2.59. The van der Waals surface area contributed by atoms with E-state index in [1.54, 1.807) is 0 Å². The standard InChI is InChI=1S/C10H7F9N2/c11-7(12,5-3-4(20)1-2-6(5)21)8(13,14)9(15,16)10(17,18)19/h1-3H,20-21H2. The van der Waals surface area contributed by atoms with Crippen molar-refractivity contribution in [3.05, 3.63) is 23.8 Å². The molecule has 2 nitrogen and oxygen atoms in total. The maximum absolute atomic E-state index is 13.5. The van der Waals surface area contributed by atoms with Gasteiger partial charge in [-0.15, -0.1) is 0 Å². The number of halogens is 9. The highest BCUT2D eigenvalue weighted by molar-refractivity contribution is 5.57. The van der Waals surface area contributed by atoms with Crippen LogP contribution in [0.1, 0.15) is 5.56 Å². The van der Waals surface area contributed by atoms with Crippen LogP contribution in [0.15, 0.2) is 18.2 Å². The van der Waals surface area contributed by atoms with Gasteiger partial charge in [-0.1, -0.05) is 0 Å². The van der Waals surface area contributed by atoms with E-state index >= 15 is 0 Å². The van der Waals surface area contributed by atoms with Crippen LogP contribution in [0, 0.1) is 0 Å². The summed E-state index contributed by atoms with van der Waals surface area (Å²) < 4.78 is 115. The monoisotopic (exact) mass is 326 g/mol. The van der Waals surface area contributed by atoms with E-state index in [-0.39, 0.29) is 6.07 Å². The van der Waals surface area contributed by atoms with Crippen molar-refractivity contribution in [1.82, 2.24) is 0 Å². The quantitative estimate of drug-likeness (QED) is 0.656. The molecule has 1 aromatic carbocycles. The highest BCUT2D eigenvalue weighted by Gasteiger charge is 2.82. The van der Waals surface area contributed by atoms with Gasteiger partial charge in [-0.25, -0.2) is 0 Å². The van der Waals surface area contributed by atoms with Gasteiger partial charge in [0.25, 0.3) is 0 Å². The van der Waals surface area contributed by atoms with Crippen LogP contribution in [0.25, 0.3) is 0 Å². The molecule has 0 unspecified atom stereocenters. The summed E-state index contributed by atoms with van der Waals surface area (Å²) in [6.07, 6.45) is -6.88. The van der Waals surface area contributed by atoms with E-state index in [0.29, 0.717) is 6.07 Å². The minimum absolute atomic E-state index is 0.107. The molecule has 1 rings (SSSR count). The van der Waals surface area contributed by atoms with E-state index in [9.17, 15) is 39.5 Å². The Labute approximate surface area is 111 Å². The van der Waals surface area contributed by atoms with Crippen molar-refractivity contribution in [3.8, 4) is 0 Å². The number of nitrogen functional groups attached to an aromatic ring is 2. The first-order valence-electron chi connectivity index (χ1n) is 5.02. The molecular formula is C10H7F9N2. The van der Waals surface area contributed by atoms with Gasteiger partial charge < -0.3 is 11.5 Å². The number of hydrogen-bond donors (Lipinski definition) is 2. The zero-order valence-corrected chi connectivity index (χ0v) is 9.79. The van der Waals surface area contributed by atoms with Crippen LogP contribution >= 0.6 is 0 Å². The Morgan fingerprint density at radius 1 is 0.714 bits per heavy atom. The van der Waals surface area contributed by atoms with Crippen LogP contribution in [0.5, 0.6) is 0 Å². The summed E-state index contributed by atoms with van der Waals surface area (Å²) in [5, 5.41) is 0. The van der Waals surface area contributed by atoms with Crippen LogP contribution in [-0.2, 0) is 5.92 Å². The first-order chi connectivity index (χ1) is 9.16. The summed E-state index contributed by atoms with van der Waals surface area (Å²) in [6, 6.07) is 1.57. The van der Waals surface area contributed by atoms with Gasteiger partial charge in [-0.2, -0.15) is 39.5 Å². The number of rotatable bonds is 3. The zero-order valence-electron chi connectivity index (χ0n) is 9.79. The summed E-state index contributed by atoms with van der Waals surface area (Å²) in [6.45, 7) is 0. The maximum Gasteiger partial charge on any atom is 0.460 e. The molecule has 0 heterocycles. The Bertz CT molecular complexity index is 536. The van der Waals surface area contributed by atoms with Gasteiger partial charge in [0.15, 0.2) is 0 Å². The number of nitrogens with two attached hydrogens (primary N) is 2. The molecule has 0 bridgehead atoms. The zero-order chi connectivity index (χ0) is 16.9. The Kier molecular flexibility index (Phi) is 3.78. The topological polar surface area (TPSA) is 52.0 Å². The van der Waals surface area contributed by atoms with Crippen molar-refractivity contribution < 1.29 is 39.5 Å². The average molecular weight is 326 g/mol. The van der Waals surface area contributed by atoms with E-state index < -0.39 is 40.9 Å². The van der Waals surface area contributed by atoms with Gasteiger partial charge >= 0.3 is 23.9 Å². The minimum Gasteiger partial charge on any atom is -0.399 e. The van der Waals surface area contributed by atoms with Crippen LogP contribution in [0.4, 0.5) is 50.9 Å². The smallest absolute Gasteiger partial charge is 0.399 e. The third-order valence-corrected chi connectivity index (χ3v) is 2.56. The molecule has 0 aliphatic carbocycles. The molecule has 0 fully saturated rings. The molecular weight excluding hydrogens is 319 g/mol. The summed E-state index contributed by atoms with van der Waals surface area (Å²) in [5.41, 5.74) is 6.36. The second-order valence-corrected chi connectivity index (χ2v) is 4.07. The molecule has 0 atom stereocenters. The molecule has 120 valence electrons. The molecule has 4 N–H and O–H groups in total. The third kappa shape index (κ3) is 2.44. The molecule has 11 heteroatoms. The normalized spacial score (nSPS) is 14.3. The van der Waals surface area contributed by atoms with Crippen LogP contribution in [0.3, 0.4) is 0 Å². The van der Waals surface area contributed by atoms with E-state index in [0.717, 1.165) is 6.07 Å². The second-order valence-electron chi connectivity index (χ2n) is 4.07. The lowest BCUT2D eigenvalue weighted by molar-refractivity contribution is -0.399. The van der Waals surface area contributed by atoms with Crippen LogP contribution in [0.2, 0.25) is 0 Å². The number of anilines is 2. The Morgan fingerprint density at radius 2 is 1.19 bits per heavy atom. The van der Waals surface area contributed by atoms with Crippen molar-refractivity contribution >= 4 is 11.4 Å². The van der Waals surface area contributed by atoms with E-state index in [1.807, 2.05) is 0 Å². The fourth-order valence-corrected chi connectivity index (χ4v) is 1.39. The van der Waals surface area contributed by atoms with E-state index in [2.05, 4.69) is 0 Å². The van der Waals surface area contributed by atoms with Gasteiger partial charge in [0.2, 0.25) is 0 Å². The SMILES string of the molecule is Nc1ccc(N)c(C(F)(F)C(F)(F)C(F)(F)C(F)(F)F)c1. The van der Waals surface area contributed by atoms with Crippen molar-refractivity contribution in [3.63, 3.8) is 0 Å². The lowest BCUT2D eigenvalue weighted by Gasteiger charge is -2.34. The van der Waals surface area contributed by atoms with E-state index in [1.165, 1.54) is 0 Å². The summed E-state index contributed by atoms with van der Waals surface area (Å²) in [7, 11) is 0. The van der Waals surface area contributed by atoms with Crippen molar-refractivity contribution in [1.29, 1.82) is 0 Å². The summed E-state index contributed by atoms with van der Waals surface area (Å²) >= 11 is 0. The highest BCUT2D eigenvalue weighted by Crippen LogP contribution is 2.57. The Balaban J connectivity index is 3.51. The predicted octanol–water partition coefficient (Wildman–Crippen LogP) is 3.78. The fourth-order valence-electron chi connectivity index (χ4n) is 1.39. The van der Waals surface area contributed by atoms with Crippen LogP contribution in [-0.4, -0.2) is 18.0 Å². The third-order valence-electron chi connectivity index (χ3n) is 2.56. The highest BCUT2D eigenvalue weighted by atomic mass is 19.4. The van der Waals surface area contributed by atoms with Gasteiger partial charge in [-0.3, -0.25) is 0 Å². The molecule has 0 saturated heterocycles. The van der Waals surface area contributed by atoms with Gasteiger partial charge in [-0.05, 0) is 18.2 Å². The second kappa shape index (κ2) is 4.60. The summed E-state index contributed by atoms with van der Waals surface area (Å²) in [5.74, 6) is -19.6. The van der Waals surface area contributed by atoms with Crippen molar-refractivity contribution in [2.24, 2.45) is 0 Å². The molecule has 0 saturated carbocycles. The van der Waals surface area contributed by atoms with Crippen molar-refractivity contribution in [2.75, 3.05) is 11.5 Å². The molecule has 0 spiro atoms. The predicted molar refractivity (Wildman–Crippen MR) is 55.1 cm³/mol. The molecule has 0 aliphatic heterocycles. The molecule has 0 amide bonds. The first kappa shape index (κ1) is 17.2. The molecule has 0 aliphatic rings. The lowest BCUT2D eigenvalue weighted by atomic mass is 9.95. The fraction of sp³-hybridized carbons (Fsp3) is 0.400. The Hall–Kier alpha value is -1.81. The first-order valence-corrected chi connectivity index (χ1v) is 5.02. The van der Waals surface area contributed by atoms with Gasteiger partial charge in [0, 0.05) is 11.4 Å². The van der Waals surface area contributed by atoms with Gasteiger partial charge in [0.1, 0.15) is 0 Å². The van der Waals surface area contributed by atoms with Crippen LogP contribution < -0.4 is 11.5 Å².